The second kappa shape index (κ2) is 10.9. The summed E-state index contributed by atoms with van der Waals surface area (Å²) >= 11 is 24.0. The van der Waals surface area contributed by atoms with Crippen LogP contribution in [0.2, 0.25) is 20.1 Å². The summed E-state index contributed by atoms with van der Waals surface area (Å²) in [5, 5.41) is 7.85. The normalized spacial score (nSPS) is 19.3. The molecule has 2 amide bonds. The molecule has 6 nitrogen and oxygen atoms in total. The SMILES string of the molecule is NC[C@@H]1N[C@H](CNC(=O)c2ccc(Cl)c(Cl)c2)CCN(Cc2cc(Cl)cc(Cl)c2)C1=O. The van der Waals surface area contributed by atoms with Crippen molar-refractivity contribution in [2.45, 2.75) is 25.0 Å². The molecule has 0 aliphatic carbocycles. The van der Waals surface area contributed by atoms with Crippen LogP contribution >= 0.6 is 46.4 Å². The largest absolute Gasteiger partial charge is 0.350 e. The van der Waals surface area contributed by atoms with Crippen LogP contribution in [-0.2, 0) is 11.3 Å². The standard InChI is InChI=1S/C21H22Cl4N4O2/c22-14-5-12(6-15(23)8-14)11-29-4-3-16(28-19(9-26)21(29)31)10-27-20(30)13-1-2-17(24)18(25)7-13/h1-2,5-8,16,19,28H,3-4,9-11,26H2,(H,27,30)/t16-,19-/m0/s1. The number of carbonyl (C=O) groups excluding carboxylic acids is 2. The van der Waals surface area contributed by atoms with Gasteiger partial charge >= 0.3 is 0 Å². The van der Waals surface area contributed by atoms with E-state index in [1.807, 2.05) is 0 Å². The van der Waals surface area contributed by atoms with E-state index in [1.165, 1.54) is 6.07 Å². The van der Waals surface area contributed by atoms with Crippen molar-refractivity contribution in [2.24, 2.45) is 5.73 Å². The molecule has 2 aromatic rings. The van der Waals surface area contributed by atoms with E-state index in [1.54, 1.807) is 35.2 Å². The Kier molecular flexibility index (Phi) is 8.44. The second-order valence-corrected chi connectivity index (χ2v) is 9.00. The zero-order chi connectivity index (χ0) is 22.5. The minimum absolute atomic E-state index is 0.100. The number of benzene rings is 2. The average molecular weight is 504 g/mol. The lowest BCUT2D eigenvalue weighted by molar-refractivity contribution is -0.133. The second-order valence-electron chi connectivity index (χ2n) is 7.32. The van der Waals surface area contributed by atoms with Crippen LogP contribution in [0.3, 0.4) is 0 Å². The number of carbonyl (C=O) groups is 2. The number of nitrogens with zero attached hydrogens (tertiary/aromatic N) is 1. The quantitative estimate of drug-likeness (QED) is 0.560. The van der Waals surface area contributed by atoms with Gasteiger partial charge in [-0.15, -0.1) is 0 Å². The molecular weight excluding hydrogens is 482 g/mol. The van der Waals surface area contributed by atoms with Gasteiger partial charge in [-0.1, -0.05) is 46.4 Å². The lowest BCUT2D eigenvalue weighted by Gasteiger charge is -2.24. The summed E-state index contributed by atoms with van der Waals surface area (Å²) in [4.78, 5) is 27.1. The van der Waals surface area contributed by atoms with Crippen molar-refractivity contribution in [3.63, 3.8) is 0 Å². The molecule has 166 valence electrons. The summed E-state index contributed by atoms with van der Waals surface area (Å²) in [5.41, 5.74) is 7.09. The van der Waals surface area contributed by atoms with Gasteiger partial charge in [0.15, 0.2) is 0 Å². The molecule has 0 spiro atoms. The fourth-order valence-corrected chi connectivity index (χ4v) is 4.32. The molecule has 0 radical (unpaired) electrons. The smallest absolute Gasteiger partial charge is 0.251 e. The minimum atomic E-state index is -0.552. The summed E-state index contributed by atoms with van der Waals surface area (Å²) < 4.78 is 0. The molecular formula is C21H22Cl4N4O2. The van der Waals surface area contributed by atoms with E-state index in [4.69, 9.17) is 52.1 Å². The molecule has 1 fully saturated rings. The van der Waals surface area contributed by atoms with Gasteiger partial charge in [0.1, 0.15) is 0 Å². The summed E-state index contributed by atoms with van der Waals surface area (Å²) in [6.07, 6.45) is 0.637. The maximum atomic E-state index is 12.9. The fraction of sp³-hybridized carbons (Fsp3) is 0.333. The van der Waals surface area contributed by atoms with Crippen molar-refractivity contribution in [3.8, 4) is 0 Å². The van der Waals surface area contributed by atoms with Crippen LogP contribution in [0.25, 0.3) is 0 Å². The number of nitrogens with one attached hydrogen (secondary N) is 2. The highest BCUT2D eigenvalue weighted by molar-refractivity contribution is 6.42. The molecule has 2 aromatic carbocycles. The number of halogens is 4. The van der Waals surface area contributed by atoms with Gasteiger partial charge in [0, 0.05) is 47.8 Å². The Bertz CT molecular complexity index is 952. The minimum Gasteiger partial charge on any atom is -0.350 e. The third-order valence-electron chi connectivity index (χ3n) is 5.02. The summed E-state index contributed by atoms with van der Waals surface area (Å²) in [5.74, 6) is -0.373. The Balaban J connectivity index is 1.64. The predicted molar refractivity (Wildman–Crippen MR) is 125 cm³/mol. The molecule has 2 atom stereocenters. The summed E-state index contributed by atoms with van der Waals surface area (Å²) in [6, 6.07) is 9.23. The first-order valence-electron chi connectivity index (χ1n) is 9.70. The van der Waals surface area contributed by atoms with Gasteiger partial charge in [-0.3, -0.25) is 9.59 Å². The van der Waals surface area contributed by atoms with Crippen LogP contribution in [0.4, 0.5) is 0 Å². The van der Waals surface area contributed by atoms with Crippen molar-refractivity contribution >= 4 is 58.2 Å². The Hall–Kier alpha value is -1.54. The van der Waals surface area contributed by atoms with E-state index < -0.39 is 6.04 Å². The molecule has 10 heteroatoms. The van der Waals surface area contributed by atoms with E-state index in [9.17, 15) is 9.59 Å². The third kappa shape index (κ3) is 6.48. The third-order valence-corrected chi connectivity index (χ3v) is 6.19. The summed E-state index contributed by atoms with van der Waals surface area (Å²) in [7, 11) is 0. The zero-order valence-corrected chi connectivity index (χ0v) is 19.5. The molecule has 1 heterocycles. The highest BCUT2D eigenvalue weighted by Gasteiger charge is 2.30. The number of nitrogens with two attached hydrogens (primary N) is 1. The molecule has 31 heavy (non-hydrogen) atoms. The highest BCUT2D eigenvalue weighted by atomic mass is 35.5. The molecule has 0 unspecified atom stereocenters. The highest BCUT2D eigenvalue weighted by Crippen LogP contribution is 2.23. The van der Waals surface area contributed by atoms with Crippen molar-refractivity contribution in [1.82, 2.24) is 15.5 Å². The van der Waals surface area contributed by atoms with Crippen LogP contribution in [0.5, 0.6) is 0 Å². The first kappa shape index (κ1) is 24.1. The van der Waals surface area contributed by atoms with E-state index in [0.717, 1.165) is 5.56 Å². The first-order chi connectivity index (χ1) is 14.8. The van der Waals surface area contributed by atoms with E-state index in [2.05, 4.69) is 10.6 Å². The molecule has 0 saturated carbocycles. The van der Waals surface area contributed by atoms with E-state index in [0.29, 0.717) is 51.7 Å². The summed E-state index contributed by atoms with van der Waals surface area (Å²) in [6.45, 7) is 1.35. The van der Waals surface area contributed by atoms with Gasteiger partial charge in [0.05, 0.1) is 16.1 Å². The molecule has 4 N–H and O–H groups in total. The van der Waals surface area contributed by atoms with Gasteiger partial charge in [0.25, 0.3) is 5.91 Å². The van der Waals surface area contributed by atoms with E-state index >= 15 is 0 Å². The average Bonchev–Trinajstić information content (AvgIpc) is 2.86. The lowest BCUT2D eigenvalue weighted by atomic mass is 10.1. The molecule has 1 saturated heterocycles. The van der Waals surface area contributed by atoms with E-state index in [-0.39, 0.29) is 24.4 Å². The number of hydrogen-bond acceptors (Lipinski definition) is 4. The Morgan fingerprint density at radius 3 is 2.45 bits per heavy atom. The molecule has 0 aromatic heterocycles. The van der Waals surface area contributed by atoms with Gasteiger partial charge in [-0.25, -0.2) is 0 Å². The molecule has 3 rings (SSSR count). The fourth-order valence-electron chi connectivity index (χ4n) is 3.45. The maximum absolute atomic E-state index is 12.9. The van der Waals surface area contributed by atoms with Crippen molar-refractivity contribution in [3.05, 3.63) is 67.6 Å². The number of rotatable bonds is 6. The Morgan fingerprint density at radius 2 is 1.81 bits per heavy atom. The van der Waals surface area contributed by atoms with Crippen LogP contribution in [0, 0.1) is 0 Å². The van der Waals surface area contributed by atoms with Gasteiger partial charge < -0.3 is 21.3 Å². The number of hydrogen-bond donors (Lipinski definition) is 3. The molecule has 1 aliphatic heterocycles. The predicted octanol–water partition coefficient (Wildman–Crippen LogP) is 3.75. The van der Waals surface area contributed by atoms with Crippen LogP contribution in [-0.4, -0.2) is 48.4 Å². The van der Waals surface area contributed by atoms with Crippen molar-refractivity contribution < 1.29 is 9.59 Å². The van der Waals surface area contributed by atoms with Gasteiger partial charge in [-0.2, -0.15) is 0 Å². The van der Waals surface area contributed by atoms with Crippen molar-refractivity contribution in [2.75, 3.05) is 19.6 Å². The lowest BCUT2D eigenvalue weighted by Crippen LogP contribution is -2.52. The van der Waals surface area contributed by atoms with Crippen molar-refractivity contribution in [1.29, 1.82) is 0 Å². The van der Waals surface area contributed by atoms with Gasteiger partial charge in [-0.05, 0) is 48.4 Å². The monoisotopic (exact) mass is 502 g/mol. The Labute approximate surface area is 201 Å². The maximum Gasteiger partial charge on any atom is 0.251 e. The molecule has 0 bridgehead atoms. The van der Waals surface area contributed by atoms with Crippen LogP contribution in [0.15, 0.2) is 36.4 Å². The number of amides is 2. The van der Waals surface area contributed by atoms with Crippen LogP contribution < -0.4 is 16.4 Å². The zero-order valence-electron chi connectivity index (χ0n) is 16.5. The van der Waals surface area contributed by atoms with Gasteiger partial charge in [0.2, 0.25) is 5.91 Å². The first-order valence-corrected chi connectivity index (χ1v) is 11.2. The Morgan fingerprint density at radius 1 is 1.10 bits per heavy atom. The molecule has 1 aliphatic rings. The topological polar surface area (TPSA) is 87.5 Å². The van der Waals surface area contributed by atoms with Crippen LogP contribution in [0.1, 0.15) is 22.3 Å².